The Labute approximate surface area is 130 Å². The molecule has 0 saturated carbocycles. The zero-order valence-corrected chi connectivity index (χ0v) is 13.2. The molecule has 0 aromatic carbocycles. The summed E-state index contributed by atoms with van der Waals surface area (Å²) < 4.78 is 2.50. The van der Waals surface area contributed by atoms with Gasteiger partial charge in [-0.3, -0.25) is 9.48 Å². The van der Waals surface area contributed by atoms with Gasteiger partial charge in [0.25, 0.3) is 5.91 Å². The lowest BCUT2D eigenvalue weighted by atomic mass is 10.2. The topological polar surface area (TPSA) is 67.2 Å². The zero-order chi connectivity index (χ0) is 14.8. The minimum Gasteiger partial charge on any atom is -0.337 e. The average Bonchev–Trinajstić information content (AvgIpc) is 2.94. The second kappa shape index (κ2) is 5.80. The fourth-order valence-electron chi connectivity index (χ4n) is 2.29. The van der Waals surface area contributed by atoms with Gasteiger partial charge in [0, 0.05) is 51.8 Å². The Kier molecular flexibility index (Phi) is 3.87. The Morgan fingerprint density at radius 3 is 2.38 bits per heavy atom. The van der Waals surface area contributed by atoms with Crippen molar-refractivity contribution in [2.45, 2.75) is 0 Å². The fourth-order valence-corrected chi connectivity index (χ4v) is 2.50. The van der Waals surface area contributed by atoms with Gasteiger partial charge in [-0.05, 0) is 15.9 Å². The molecule has 3 heterocycles. The van der Waals surface area contributed by atoms with Crippen molar-refractivity contribution in [2.75, 3.05) is 31.1 Å². The molecule has 1 fully saturated rings. The van der Waals surface area contributed by atoms with Gasteiger partial charge >= 0.3 is 0 Å². The van der Waals surface area contributed by atoms with Crippen molar-refractivity contribution in [2.24, 2.45) is 7.05 Å². The van der Waals surface area contributed by atoms with E-state index in [1.165, 1.54) is 0 Å². The highest BCUT2D eigenvalue weighted by Gasteiger charge is 2.24. The number of aromatic nitrogens is 4. The number of amides is 1. The van der Waals surface area contributed by atoms with E-state index in [1.807, 2.05) is 4.90 Å². The molecule has 0 bridgehead atoms. The van der Waals surface area contributed by atoms with Crippen LogP contribution in [0.5, 0.6) is 0 Å². The number of hydrogen-bond donors (Lipinski definition) is 0. The molecule has 0 unspecified atom stereocenters. The summed E-state index contributed by atoms with van der Waals surface area (Å²) in [4.78, 5) is 24.8. The molecule has 110 valence electrons. The van der Waals surface area contributed by atoms with E-state index in [2.05, 4.69) is 35.9 Å². The van der Waals surface area contributed by atoms with Crippen LogP contribution in [0.4, 0.5) is 5.95 Å². The molecule has 1 saturated heterocycles. The van der Waals surface area contributed by atoms with E-state index in [1.54, 1.807) is 36.5 Å². The van der Waals surface area contributed by atoms with Crippen molar-refractivity contribution in [3.63, 3.8) is 0 Å². The Morgan fingerprint density at radius 1 is 1.14 bits per heavy atom. The summed E-state index contributed by atoms with van der Waals surface area (Å²) in [5.41, 5.74) is 0.630. The Hall–Kier alpha value is -1.96. The predicted octanol–water partition coefficient (Wildman–Crippen LogP) is 0.935. The van der Waals surface area contributed by atoms with Crippen molar-refractivity contribution in [3.8, 4) is 0 Å². The van der Waals surface area contributed by atoms with E-state index >= 15 is 0 Å². The Balaban J connectivity index is 1.62. The van der Waals surface area contributed by atoms with Crippen LogP contribution in [0, 0.1) is 0 Å². The number of carbonyl (C=O) groups excluding carboxylic acids is 1. The third-order valence-electron chi connectivity index (χ3n) is 3.41. The first-order chi connectivity index (χ1) is 10.1. The minimum absolute atomic E-state index is 0.0273. The van der Waals surface area contributed by atoms with Gasteiger partial charge in [-0.25, -0.2) is 9.97 Å². The maximum atomic E-state index is 12.3. The molecule has 0 atom stereocenters. The molecule has 7 nitrogen and oxygen atoms in total. The van der Waals surface area contributed by atoms with Gasteiger partial charge in [-0.15, -0.1) is 0 Å². The number of anilines is 1. The molecule has 8 heteroatoms. The van der Waals surface area contributed by atoms with E-state index in [9.17, 15) is 4.79 Å². The van der Waals surface area contributed by atoms with Crippen molar-refractivity contribution in [1.29, 1.82) is 0 Å². The molecule has 1 aliphatic heterocycles. The molecule has 0 spiro atoms. The molecule has 0 N–H and O–H groups in total. The van der Waals surface area contributed by atoms with Gasteiger partial charge in [0.2, 0.25) is 5.95 Å². The SMILES string of the molecule is Cn1cc(C(=O)N2CCN(c3ncc(Br)cn3)CC2)cn1. The van der Waals surface area contributed by atoms with Crippen LogP contribution in [-0.4, -0.2) is 56.7 Å². The van der Waals surface area contributed by atoms with Gasteiger partial charge < -0.3 is 9.80 Å². The number of aryl methyl sites for hydroxylation is 1. The van der Waals surface area contributed by atoms with Crippen molar-refractivity contribution < 1.29 is 4.79 Å². The number of carbonyl (C=O) groups is 1. The van der Waals surface area contributed by atoms with Gasteiger partial charge in [0.1, 0.15) is 0 Å². The van der Waals surface area contributed by atoms with E-state index in [0.717, 1.165) is 17.6 Å². The Morgan fingerprint density at radius 2 is 1.81 bits per heavy atom. The highest BCUT2D eigenvalue weighted by atomic mass is 79.9. The third kappa shape index (κ3) is 3.05. The van der Waals surface area contributed by atoms with Gasteiger partial charge in [0.15, 0.2) is 0 Å². The number of rotatable bonds is 2. The average molecular weight is 351 g/mol. The van der Waals surface area contributed by atoms with Crippen molar-refractivity contribution in [1.82, 2.24) is 24.6 Å². The summed E-state index contributed by atoms with van der Waals surface area (Å²) in [5, 5.41) is 4.04. The number of halogens is 1. The van der Waals surface area contributed by atoms with Crippen LogP contribution in [0.15, 0.2) is 29.3 Å². The van der Waals surface area contributed by atoms with E-state index in [0.29, 0.717) is 24.6 Å². The summed E-state index contributed by atoms with van der Waals surface area (Å²) >= 11 is 3.32. The summed E-state index contributed by atoms with van der Waals surface area (Å²) in [6.45, 7) is 2.78. The summed E-state index contributed by atoms with van der Waals surface area (Å²) in [7, 11) is 1.81. The lowest BCUT2D eigenvalue weighted by Gasteiger charge is -2.34. The summed E-state index contributed by atoms with van der Waals surface area (Å²) in [5.74, 6) is 0.728. The molecule has 0 radical (unpaired) electrons. The number of piperazine rings is 1. The van der Waals surface area contributed by atoms with E-state index in [-0.39, 0.29) is 5.91 Å². The fraction of sp³-hybridized carbons (Fsp3) is 0.385. The molecular weight excluding hydrogens is 336 g/mol. The highest BCUT2D eigenvalue weighted by Crippen LogP contribution is 2.14. The number of nitrogens with zero attached hydrogens (tertiary/aromatic N) is 6. The monoisotopic (exact) mass is 350 g/mol. The van der Waals surface area contributed by atoms with Crippen LogP contribution in [0.3, 0.4) is 0 Å². The highest BCUT2D eigenvalue weighted by molar-refractivity contribution is 9.10. The molecule has 21 heavy (non-hydrogen) atoms. The van der Waals surface area contributed by atoms with Crippen molar-refractivity contribution >= 4 is 27.8 Å². The molecule has 1 aliphatic rings. The minimum atomic E-state index is 0.0273. The van der Waals surface area contributed by atoms with Crippen LogP contribution in [0.2, 0.25) is 0 Å². The first-order valence-corrected chi connectivity index (χ1v) is 7.43. The standard InChI is InChI=1S/C13H15BrN6O/c1-18-9-10(6-17-18)12(21)19-2-4-20(5-3-19)13-15-7-11(14)8-16-13/h6-9H,2-5H2,1H3. The van der Waals surface area contributed by atoms with Crippen LogP contribution in [0.25, 0.3) is 0 Å². The quantitative estimate of drug-likeness (QED) is 0.806. The lowest BCUT2D eigenvalue weighted by Crippen LogP contribution is -2.49. The van der Waals surface area contributed by atoms with Crippen LogP contribution >= 0.6 is 15.9 Å². The van der Waals surface area contributed by atoms with Crippen LogP contribution in [0.1, 0.15) is 10.4 Å². The lowest BCUT2D eigenvalue weighted by molar-refractivity contribution is 0.0746. The van der Waals surface area contributed by atoms with Crippen molar-refractivity contribution in [3.05, 3.63) is 34.8 Å². The largest absolute Gasteiger partial charge is 0.337 e. The second-order valence-corrected chi connectivity index (χ2v) is 5.80. The maximum absolute atomic E-state index is 12.3. The van der Waals surface area contributed by atoms with Crippen LogP contribution < -0.4 is 4.90 Å². The van der Waals surface area contributed by atoms with E-state index in [4.69, 9.17) is 0 Å². The molecular formula is C13H15BrN6O. The van der Waals surface area contributed by atoms with Crippen LogP contribution in [-0.2, 0) is 7.05 Å². The third-order valence-corrected chi connectivity index (χ3v) is 3.82. The van der Waals surface area contributed by atoms with E-state index < -0.39 is 0 Å². The van der Waals surface area contributed by atoms with Gasteiger partial charge in [-0.2, -0.15) is 5.10 Å². The van der Waals surface area contributed by atoms with Gasteiger partial charge in [0.05, 0.1) is 16.2 Å². The molecule has 0 aliphatic carbocycles. The molecule has 3 rings (SSSR count). The smallest absolute Gasteiger partial charge is 0.257 e. The number of hydrogen-bond acceptors (Lipinski definition) is 5. The Bertz CT molecular complexity index is 632. The molecule has 2 aromatic rings. The summed E-state index contributed by atoms with van der Waals surface area (Å²) in [6.07, 6.45) is 6.81. The first kappa shape index (κ1) is 14.0. The normalized spacial score (nSPS) is 15.3. The maximum Gasteiger partial charge on any atom is 0.257 e. The summed E-state index contributed by atoms with van der Waals surface area (Å²) in [6, 6.07) is 0. The zero-order valence-electron chi connectivity index (χ0n) is 11.6. The molecule has 1 amide bonds. The van der Waals surface area contributed by atoms with Gasteiger partial charge in [-0.1, -0.05) is 0 Å². The first-order valence-electron chi connectivity index (χ1n) is 6.64. The molecule has 2 aromatic heterocycles. The second-order valence-electron chi connectivity index (χ2n) is 4.88. The predicted molar refractivity (Wildman–Crippen MR) is 81.1 cm³/mol.